The van der Waals surface area contributed by atoms with Gasteiger partial charge >= 0.3 is 0 Å². The molecule has 1 aliphatic carbocycles. The third-order valence-electron chi connectivity index (χ3n) is 7.56. The van der Waals surface area contributed by atoms with E-state index in [1.54, 1.807) is 24.3 Å². The number of carbonyl (C=O) groups excluding carboxylic acids is 2. The van der Waals surface area contributed by atoms with Gasteiger partial charge in [-0.3, -0.25) is 13.9 Å². The number of carbonyl (C=O) groups is 2. The van der Waals surface area contributed by atoms with Crippen molar-refractivity contribution in [1.29, 1.82) is 0 Å². The van der Waals surface area contributed by atoms with E-state index in [2.05, 4.69) is 5.32 Å². The largest absolute Gasteiger partial charge is 0.352 e. The predicted octanol–water partition coefficient (Wildman–Crippen LogP) is 5.37. The second kappa shape index (κ2) is 14.0. The summed E-state index contributed by atoms with van der Waals surface area (Å²) in [7, 11) is -3.81. The highest BCUT2D eigenvalue weighted by Crippen LogP contribution is 2.25. The molecule has 0 bridgehead atoms. The van der Waals surface area contributed by atoms with E-state index in [4.69, 9.17) is 11.6 Å². The molecule has 0 heterocycles. The maximum absolute atomic E-state index is 14.2. The second-order valence-electron chi connectivity index (χ2n) is 10.6. The molecular formula is C32H38ClN3O4S. The first-order chi connectivity index (χ1) is 19.7. The Kier molecular flexibility index (Phi) is 10.5. The van der Waals surface area contributed by atoms with Crippen LogP contribution >= 0.6 is 11.6 Å². The highest BCUT2D eigenvalue weighted by atomic mass is 35.5. The van der Waals surface area contributed by atoms with Gasteiger partial charge in [0.05, 0.1) is 11.9 Å². The molecule has 0 aromatic heterocycles. The average molecular weight is 596 g/mol. The molecule has 3 aromatic rings. The molecule has 3 aromatic carbocycles. The summed E-state index contributed by atoms with van der Waals surface area (Å²) < 4.78 is 27.2. The summed E-state index contributed by atoms with van der Waals surface area (Å²) in [4.78, 5) is 29.6. The minimum Gasteiger partial charge on any atom is -0.352 e. The van der Waals surface area contributed by atoms with Crippen molar-refractivity contribution in [3.63, 3.8) is 0 Å². The lowest BCUT2D eigenvalue weighted by Crippen LogP contribution is -2.54. The standard InChI is InChI=1S/C32H38ClN3O4S/c1-3-26-13-7-10-16-29(26)36(41(2,39)40)23-31(37)35(22-25-17-19-27(33)20-18-25)30(21-24-11-5-4-6-12-24)32(38)34-28-14-8-9-15-28/h4-7,10-13,16-20,28,30H,3,8-9,14-15,21-23H2,1-2H3,(H,34,38)/t30-/m1/s1. The Morgan fingerprint density at radius 3 is 2.20 bits per heavy atom. The fourth-order valence-corrected chi connectivity index (χ4v) is 6.36. The summed E-state index contributed by atoms with van der Waals surface area (Å²) in [6, 6.07) is 23.1. The summed E-state index contributed by atoms with van der Waals surface area (Å²) in [6.07, 6.45) is 5.93. The number of rotatable bonds is 12. The Morgan fingerprint density at radius 2 is 1.56 bits per heavy atom. The van der Waals surface area contributed by atoms with E-state index in [-0.39, 0.29) is 18.5 Å². The van der Waals surface area contributed by atoms with Gasteiger partial charge in [-0.25, -0.2) is 8.42 Å². The van der Waals surface area contributed by atoms with E-state index in [9.17, 15) is 18.0 Å². The maximum atomic E-state index is 14.2. The van der Waals surface area contributed by atoms with Crippen LogP contribution < -0.4 is 9.62 Å². The van der Waals surface area contributed by atoms with Crippen LogP contribution in [0.3, 0.4) is 0 Å². The van der Waals surface area contributed by atoms with Crippen LogP contribution in [-0.4, -0.2) is 50.0 Å². The first-order valence-corrected chi connectivity index (χ1v) is 16.3. The number of halogens is 1. The lowest BCUT2D eigenvalue weighted by atomic mass is 10.0. The highest BCUT2D eigenvalue weighted by molar-refractivity contribution is 7.92. The number of aryl methyl sites for hydroxylation is 1. The molecule has 0 unspecified atom stereocenters. The predicted molar refractivity (Wildman–Crippen MR) is 164 cm³/mol. The Morgan fingerprint density at radius 1 is 0.927 bits per heavy atom. The van der Waals surface area contributed by atoms with E-state index in [1.165, 1.54) is 4.90 Å². The number of nitrogens with zero attached hydrogens (tertiary/aromatic N) is 2. The number of para-hydroxylation sites is 1. The maximum Gasteiger partial charge on any atom is 0.244 e. The fraction of sp³-hybridized carbons (Fsp3) is 0.375. The summed E-state index contributed by atoms with van der Waals surface area (Å²) in [5.74, 6) is -0.693. The zero-order valence-electron chi connectivity index (χ0n) is 23.6. The van der Waals surface area contributed by atoms with E-state index in [0.717, 1.165) is 52.9 Å². The lowest BCUT2D eigenvalue weighted by Gasteiger charge is -2.34. The van der Waals surface area contributed by atoms with Crippen LogP contribution in [0.2, 0.25) is 5.02 Å². The van der Waals surface area contributed by atoms with E-state index < -0.39 is 28.5 Å². The molecule has 1 atom stereocenters. The molecule has 0 saturated heterocycles. The number of benzene rings is 3. The molecule has 41 heavy (non-hydrogen) atoms. The molecule has 2 amide bonds. The molecule has 1 aliphatic rings. The van der Waals surface area contributed by atoms with E-state index >= 15 is 0 Å². The Labute approximate surface area is 248 Å². The zero-order chi connectivity index (χ0) is 29.4. The van der Waals surface area contributed by atoms with Gasteiger partial charge in [0.1, 0.15) is 12.6 Å². The van der Waals surface area contributed by atoms with E-state index in [0.29, 0.717) is 23.6 Å². The van der Waals surface area contributed by atoms with Crippen LogP contribution in [0.1, 0.15) is 49.3 Å². The summed E-state index contributed by atoms with van der Waals surface area (Å²) >= 11 is 6.12. The topological polar surface area (TPSA) is 86.8 Å². The van der Waals surface area contributed by atoms with Crippen LogP contribution in [-0.2, 0) is 39.0 Å². The van der Waals surface area contributed by atoms with Gasteiger partial charge < -0.3 is 10.2 Å². The van der Waals surface area contributed by atoms with Crippen molar-refractivity contribution < 1.29 is 18.0 Å². The van der Waals surface area contributed by atoms with Gasteiger partial charge in [0.15, 0.2) is 0 Å². The van der Waals surface area contributed by atoms with Gasteiger partial charge in [-0.15, -0.1) is 0 Å². The summed E-state index contributed by atoms with van der Waals surface area (Å²) in [5.41, 5.74) is 2.97. The summed E-state index contributed by atoms with van der Waals surface area (Å²) in [6.45, 7) is 1.64. The Balaban J connectivity index is 1.73. The number of sulfonamides is 1. The van der Waals surface area contributed by atoms with Crippen molar-refractivity contribution in [3.05, 3.63) is 101 Å². The van der Waals surface area contributed by atoms with Crippen molar-refractivity contribution in [3.8, 4) is 0 Å². The van der Waals surface area contributed by atoms with Crippen LogP contribution in [0.5, 0.6) is 0 Å². The third-order valence-corrected chi connectivity index (χ3v) is 8.94. The third kappa shape index (κ3) is 8.33. The normalized spacial score (nSPS) is 14.4. The van der Waals surface area contributed by atoms with Crippen molar-refractivity contribution in [2.45, 2.75) is 64.1 Å². The van der Waals surface area contributed by atoms with Gasteiger partial charge in [-0.05, 0) is 54.2 Å². The number of anilines is 1. The van der Waals surface area contributed by atoms with Gasteiger partial charge in [0.25, 0.3) is 0 Å². The van der Waals surface area contributed by atoms with Gasteiger partial charge in [-0.2, -0.15) is 0 Å². The Bertz CT molecular complexity index is 1420. The van der Waals surface area contributed by atoms with Crippen LogP contribution in [0, 0.1) is 0 Å². The molecule has 1 saturated carbocycles. The van der Waals surface area contributed by atoms with Gasteiger partial charge in [0.2, 0.25) is 21.8 Å². The van der Waals surface area contributed by atoms with Crippen LogP contribution in [0.25, 0.3) is 0 Å². The summed E-state index contributed by atoms with van der Waals surface area (Å²) in [5, 5.41) is 3.74. The van der Waals surface area contributed by atoms with Crippen molar-refractivity contribution in [2.75, 3.05) is 17.1 Å². The first-order valence-electron chi connectivity index (χ1n) is 14.1. The second-order valence-corrected chi connectivity index (χ2v) is 12.9. The van der Waals surface area contributed by atoms with Gasteiger partial charge in [0, 0.05) is 24.0 Å². The number of amides is 2. The molecule has 218 valence electrons. The lowest BCUT2D eigenvalue weighted by molar-refractivity contribution is -0.140. The molecule has 9 heteroatoms. The highest BCUT2D eigenvalue weighted by Gasteiger charge is 2.34. The minimum atomic E-state index is -3.81. The zero-order valence-corrected chi connectivity index (χ0v) is 25.2. The quantitative estimate of drug-likeness (QED) is 0.305. The van der Waals surface area contributed by atoms with Crippen molar-refractivity contribution in [2.24, 2.45) is 0 Å². The SMILES string of the molecule is CCc1ccccc1N(CC(=O)N(Cc1ccc(Cl)cc1)[C@H](Cc1ccccc1)C(=O)NC1CCCC1)S(C)(=O)=O. The minimum absolute atomic E-state index is 0.0669. The average Bonchev–Trinajstić information content (AvgIpc) is 3.47. The molecular weight excluding hydrogens is 558 g/mol. The molecule has 4 rings (SSSR count). The molecule has 0 radical (unpaired) electrons. The molecule has 0 aliphatic heterocycles. The Hall–Kier alpha value is -3.36. The van der Waals surface area contributed by atoms with E-state index in [1.807, 2.05) is 61.5 Å². The monoisotopic (exact) mass is 595 g/mol. The number of nitrogens with one attached hydrogen (secondary N) is 1. The first kappa shape index (κ1) is 30.6. The molecule has 1 fully saturated rings. The molecule has 7 nitrogen and oxygen atoms in total. The number of hydrogen-bond donors (Lipinski definition) is 1. The molecule has 1 N–H and O–H groups in total. The number of hydrogen-bond acceptors (Lipinski definition) is 4. The van der Waals surface area contributed by atoms with Crippen molar-refractivity contribution >= 4 is 39.1 Å². The van der Waals surface area contributed by atoms with Crippen LogP contribution in [0.15, 0.2) is 78.9 Å². The van der Waals surface area contributed by atoms with Gasteiger partial charge in [-0.1, -0.05) is 92.0 Å². The fourth-order valence-electron chi connectivity index (χ4n) is 5.36. The van der Waals surface area contributed by atoms with Crippen LogP contribution in [0.4, 0.5) is 5.69 Å². The molecule has 0 spiro atoms. The smallest absolute Gasteiger partial charge is 0.244 e. The van der Waals surface area contributed by atoms with Crippen molar-refractivity contribution in [1.82, 2.24) is 10.2 Å².